The highest BCUT2D eigenvalue weighted by Crippen LogP contribution is 2.33. The van der Waals surface area contributed by atoms with Crippen LogP contribution in [0.15, 0.2) is 30.3 Å². The van der Waals surface area contributed by atoms with Crippen molar-refractivity contribution in [3.05, 3.63) is 35.9 Å². The Labute approximate surface area is 104 Å². The molecule has 94 valence electrons. The molecule has 0 atom stereocenters. The van der Waals surface area contributed by atoms with Crippen LogP contribution in [0.25, 0.3) is 0 Å². The van der Waals surface area contributed by atoms with Crippen LogP contribution >= 0.6 is 0 Å². The Hall–Kier alpha value is -0.860. The SMILES string of the molecule is OCCCOC1CCC(c2ccccc2)CC1. The summed E-state index contributed by atoms with van der Waals surface area (Å²) in [5, 5.41) is 8.71. The molecule has 2 nitrogen and oxygen atoms in total. The summed E-state index contributed by atoms with van der Waals surface area (Å²) in [5.41, 5.74) is 1.47. The van der Waals surface area contributed by atoms with Crippen molar-refractivity contribution in [3.8, 4) is 0 Å². The summed E-state index contributed by atoms with van der Waals surface area (Å²) >= 11 is 0. The molecule has 0 bridgehead atoms. The summed E-state index contributed by atoms with van der Waals surface area (Å²) in [6.45, 7) is 0.941. The van der Waals surface area contributed by atoms with Gasteiger partial charge in [-0.15, -0.1) is 0 Å². The van der Waals surface area contributed by atoms with Gasteiger partial charge in [0.05, 0.1) is 6.10 Å². The van der Waals surface area contributed by atoms with E-state index >= 15 is 0 Å². The fraction of sp³-hybridized carbons (Fsp3) is 0.600. The Bertz CT molecular complexity index is 302. The molecule has 1 saturated carbocycles. The van der Waals surface area contributed by atoms with Crippen LogP contribution in [0.5, 0.6) is 0 Å². The monoisotopic (exact) mass is 234 g/mol. The highest BCUT2D eigenvalue weighted by molar-refractivity contribution is 5.19. The Balaban J connectivity index is 1.74. The van der Waals surface area contributed by atoms with E-state index in [9.17, 15) is 0 Å². The number of benzene rings is 1. The summed E-state index contributed by atoms with van der Waals surface area (Å²) in [6, 6.07) is 10.8. The fourth-order valence-corrected chi connectivity index (χ4v) is 2.60. The first-order valence-electron chi connectivity index (χ1n) is 6.67. The Morgan fingerprint density at radius 3 is 2.41 bits per heavy atom. The molecule has 2 heteroatoms. The van der Waals surface area contributed by atoms with Crippen LogP contribution in [0.4, 0.5) is 0 Å². The van der Waals surface area contributed by atoms with E-state index in [0.29, 0.717) is 18.6 Å². The third-order valence-electron chi connectivity index (χ3n) is 3.60. The molecule has 0 amide bonds. The van der Waals surface area contributed by atoms with Crippen LogP contribution in [0.3, 0.4) is 0 Å². The predicted octanol–water partition coefficient (Wildman–Crippen LogP) is 3.11. The average molecular weight is 234 g/mol. The molecular weight excluding hydrogens is 212 g/mol. The molecule has 0 unspecified atom stereocenters. The Morgan fingerprint density at radius 1 is 1.06 bits per heavy atom. The fourth-order valence-electron chi connectivity index (χ4n) is 2.60. The van der Waals surface area contributed by atoms with Crippen molar-refractivity contribution >= 4 is 0 Å². The van der Waals surface area contributed by atoms with Gasteiger partial charge in [-0.3, -0.25) is 0 Å². The lowest BCUT2D eigenvalue weighted by Crippen LogP contribution is -2.21. The maximum atomic E-state index is 8.71. The lowest BCUT2D eigenvalue weighted by Gasteiger charge is -2.28. The van der Waals surface area contributed by atoms with Gasteiger partial charge in [-0.1, -0.05) is 30.3 Å². The lowest BCUT2D eigenvalue weighted by molar-refractivity contribution is 0.0180. The van der Waals surface area contributed by atoms with E-state index in [0.717, 1.165) is 19.3 Å². The minimum atomic E-state index is 0.235. The van der Waals surface area contributed by atoms with Crippen molar-refractivity contribution in [2.24, 2.45) is 0 Å². The minimum Gasteiger partial charge on any atom is -0.396 e. The van der Waals surface area contributed by atoms with Crippen molar-refractivity contribution in [1.29, 1.82) is 0 Å². The van der Waals surface area contributed by atoms with E-state index in [1.165, 1.54) is 18.4 Å². The number of hydrogen-bond donors (Lipinski definition) is 1. The first-order valence-corrected chi connectivity index (χ1v) is 6.67. The summed E-state index contributed by atoms with van der Waals surface area (Å²) < 4.78 is 5.75. The van der Waals surface area contributed by atoms with Crippen molar-refractivity contribution in [2.75, 3.05) is 13.2 Å². The zero-order valence-electron chi connectivity index (χ0n) is 10.3. The quantitative estimate of drug-likeness (QED) is 0.793. The van der Waals surface area contributed by atoms with E-state index in [1.807, 2.05) is 0 Å². The maximum Gasteiger partial charge on any atom is 0.0575 e. The van der Waals surface area contributed by atoms with E-state index < -0.39 is 0 Å². The zero-order valence-corrected chi connectivity index (χ0v) is 10.3. The smallest absolute Gasteiger partial charge is 0.0575 e. The molecule has 0 spiro atoms. The molecule has 1 fully saturated rings. The van der Waals surface area contributed by atoms with Crippen LogP contribution in [-0.4, -0.2) is 24.4 Å². The zero-order chi connectivity index (χ0) is 11.9. The molecule has 0 radical (unpaired) electrons. The van der Waals surface area contributed by atoms with Crippen LogP contribution < -0.4 is 0 Å². The van der Waals surface area contributed by atoms with E-state index in [1.54, 1.807) is 0 Å². The van der Waals surface area contributed by atoms with Gasteiger partial charge in [0, 0.05) is 13.2 Å². The molecule has 1 aliphatic rings. The van der Waals surface area contributed by atoms with Crippen LogP contribution in [-0.2, 0) is 4.74 Å². The number of aliphatic hydroxyl groups is 1. The van der Waals surface area contributed by atoms with Gasteiger partial charge in [-0.2, -0.15) is 0 Å². The highest BCUT2D eigenvalue weighted by atomic mass is 16.5. The van der Waals surface area contributed by atoms with Gasteiger partial charge < -0.3 is 9.84 Å². The first kappa shape index (κ1) is 12.6. The summed E-state index contributed by atoms with van der Waals surface area (Å²) in [7, 11) is 0. The van der Waals surface area contributed by atoms with Crippen LogP contribution in [0.1, 0.15) is 43.6 Å². The summed E-state index contributed by atoms with van der Waals surface area (Å²) in [5.74, 6) is 0.717. The second kappa shape index (κ2) is 6.77. The third kappa shape index (κ3) is 3.83. The Morgan fingerprint density at radius 2 is 1.76 bits per heavy atom. The van der Waals surface area contributed by atoms with Gasteiger partial charge >= 0.3 is 0 Å². The van der Waals surface area contributed by atoms with Gasteiger partial charge in [0.1, 0.15) is 0 Å². The summed E-state index contributed by atoms with van der Waals surface area (Å²) in [4.78, 5) is 0. The largest absolute Gasteiger partial charge is 0.396 e. The van der Waals surface area contributed by atoms with Crippen molar-refractivity contribution in [2.45, 2.75) is 44.1 Å². The molecule has 0 aliphatic heterocycles. The molecule has 1 aliphatic carbocycles. The van der Waals surface area contributed by atoms with Crippen LogP contribution in [0, 0.1) is 0 Å². The molecule has 0 saturated heterocycles. The number of hydrogen-bond acceptors (Lipinski definition) is 2. The van der Waals surface area contributed by atoms with Crippen molar-refractivity contribution < 1.29 is 9.84 Å². The molecule has 1 aromatic rings. The van der Waals surface area contributed by atoms with E-state index in [4.69, 9.17) is 9.84 Å². The molecule has 1 N–H and O–H groups in total. The molecule has 2 rings (SSSR count). The minimum absolute atomic E-state index is 0.235. The molecule has 17 heavy (non-hydrogen) atoms. The molecule has 0 aromatic heterocycles. The summed E-state index contributed by atoms with van der Waals surface area (Å²) in [6.07, 6.45) is 5.96. The van der Waals surface area contributed by atoms with Gasteiger partial charge in [0.25, 0.3) is 0 Å². The normalized spacial score (nSPS) is 24.8. The average Bonchev–Trinajstić information content (AvgIpc) is 2.41. The van der Waals surface area contributed by atoms with Gasteiger partial charge in [-0.25, -0.2) is 0 Å². The second-order valence-corrected chi connectivity index (χ2v) is 4.83. The Kier molecular flexibility index (Phi) is 5.02. The van der Waals surface area contributed by atoms with Gasteiger partial charge in [0.15, 0.2) is 0 Å². The molecule has 0 heterocycles. The van der Waals surface area contributed by atoms with Crippen LogP contribution in [0.2, 0.25) is 0 Å². The second-order valence-electron chi connectivity index (χ2n) is 4.83. The van der Waals surface area contributed by atoms with Gasteiger partial charge in [0.2, 0.25) is 0 Å². The molecular formula is C15H22O2. The standard InChI is InChI=1S/C15H22O2/c16-11-4-12-17-15-9-7-14(8-10-15)13-5-2-1-3-6-13/h1-3,5-6,14-16H,4,7-12H2. The first-order chi connectivity index (χ1) is 8.40. The van der Waals surface area contributed by atoms with Gasteiger partial charge in [-0.05, 0) is 43.6 Å². The third-order valence-corrected chi connectivity index (χ3v) is 3.60. The molecule has 1 aromatic carbocycles. The number of rotatable bonds is 5. The predicted molar refractivity (Wildman–Crippen MR) is 69.1 cm³/mol. The topological polar surface area (TPSA) is 29.5 Å². The number of ether oxygens (including phenoxy) is 1. The highest BCUT2D eigenvalue weighted by Gasteiger charge is 2.22. The van der Waals surface area contributed by atoms with E-state index in [-0.39, 0.29) is 6.61 Å². The van der Waals surface area contributed by atoms with Crippen molar-refractivity contribution in [1.82, 2.24) is 0 Å². The maximum absolute atomic E-state index is 8.71. The lowest BCUT2D eigenvalue weighted by atomic mass is 9.83. The van der Waals surface area contributed by atoms with E-state index in [2.05, 4.69) is 30.3 Å². The van der Waals surface area contributed by atoms with Crippen molar-refractivity contribution in [3.63, 3.8) is 0 Å². The number of aliphatic hydroxyl groups excluding tert-OH is 1.